The van der Waals surface area contributed by atoms with Crippen LogP contribution in [0.2, 0.25) is 0 Å². The fourth-order valence-corrected chi connectivity index (χ4v) is 3.73. The zero-order chi connectivity index (χ0) is 23.3. The molecular formula is C26H29NO5. The number of methoxy groups -OCH3 is 1. The van der Waals surface area contributed by atoms with Crippen LogP contribution in [0.3, 0.4) is 0 Å². The van der Waals surface area contributed by atoms with Crippen LogP contribution in [0.15, 0.2) is 66.8 Å². The third-order valence-electron chi connectivity index (χ3n) is 5.49. The summed E-state index contributed by atoms with van der Waals surface area (Å²) < 4.78 is 10.6. The molecule has 1 aliphatic rings. The second-order valence-electron chi connectivity index (χ2n) is 7.93. The number of ether oxygens (including phenoxy) is 2. The minimum absolute atomic E-state index is 0.0724. The second-order valence-corrected chi connectivity index (χ2v) is 7.93. The topological polar surface area (TPSA) is 76.1 Å². The summed E-state index contributed by atoms with van der Waals surface area (Å²) >= 11 is 0. The number of hydrogen-bond donors (Lipinski definition) is 1. The molecule has 1 saturated heterocycles. The predicted molar refractivity (Wildman–Crippen MR) is 124 cm³/mol. The molecule has 2 aromatic carbocycles. The summed E-state index contributed by atoms with van der Waals surface area (Å²) in [5.74, 6) is -0.596. The standard InChI is InChI=1S/C26H29NO5/c1-5-15-32-21-12-10-20(11-13-21)24(28)22-23(19-8-6-18(7-9-19)17(2)3)27(14-16-31-4)26(30)25(22)29/h5-13,17,23,28H,1,14-16H2,2-4H3/b24-22-. The van der Waals surface area contributed by atoms with E-state index in [4.69, 9.17) is 9.47 Å². The Morgan fingerprint density at radius 3 is 2.34 bits per heavy atom. The number of aliphatic hydroxyl groups is 1. The fourth-order valence-electron chi connectivity index (χ4n) is 3.73. The van der Waals surface area contributed by atoms with Gasteiger partial charge in [-0.3, -0.25) is 9.59 Å². The van der Waals surface area contributed by atoms with Crippen molar-refractivity contribution in [3.8, 4) is 5.75 Å². The number of carbonyl (C=O) groups is 2. The van der Waals surface area contributed by atoms with Gasteiger partial charge in [-0.15, -0.1) is 0 Å². The maximum absolute atomic E-state index is 13.0. The monoisotopic (exact) mass is 435 g/mol. The number of amides is 1. The van der Waals surface area contributed by atoms with Gasteiger partial charge in [0, 0.05) is 19.2 Å². The summed E-state index contributed by atoms with van der Waals surface area (Å²) in [4.78, 5) is 27.3. The first-order valence-corrected chi connectivity index (χ1v) is 10.6. The van der Waals surface area contributed by atoms with E-state index in [1.807, 2.05) is 24.3 Å². The quantitative estimate of drug-likeness (QED) is 0.273. The lowest BCUT2D eigenvalue weighted by molar-refractivity contribution is -0.140. The van der Waals surface area contributed by atoms with E-state index in [9.17, 15) is 14.7 Å². The lowest BCUT2D eigenvalue weighted by Crippen LogP contribution is -2.32. The molecular weight excluding hydrogens is 406 g/mol. The molecule has 168 valence electrons. The first-order valence-electron chi connectivity index (χ1n) is 10.6. The highest BCUT2D eigenvalue weighted by Crippen LogP contribution is 2.39. The number of rotatable bonds is 9. The SMILES string of the molecule is C=CCOc1ccc(/C(O)=C2/C(=O)C(=O)N(CCOC)C2c2ccc(C(C)C)cc2)cc1. The molecule has 0 bridgehead atoms. The molecule has 1 heterocycles. The number of benzene rings is 2. The van der Waals surface area contributed by atoms with Gasteiger partial charge in [-0.25, -0.2) is 0 Å². The van der Waals surface area contributed by atoms with E-state index in [0.29, 0.717) is 23.8 Å². The van der Waals surface area contributed by atoms with Gasteiger partial charge in [0.1, 0.15) is 18.1 Å². The molecule has 1 atom stereocenters. The van der Waals surface area contributed by atoms with Gasteiger partial charge in [0.25, 0.3) is 11.7 Å². The average Bonchev–Trinajstić information content (AvgIpc) is 3.06. The summed E-state index contributed by atoms with van der Waals surface area (Å²) in [6, 6.07) is 13.8. The maximum Gasteiger partial charge on any atom is 0.295 e. The molecule has 0 saturated carbocycles. The zero-order valence-corrected chi connectivity index (χ0v) is 18.7. The highest BCUT2D eigenvalue weighted by Gasteiger charge is 2.45. The lowest BCUT2D eigenvalue weighted by atomic mass is 9.93. The van der Waals surface area contributed by atoms with Crippen molar-refractivity contribution < 1.29 is 24.2 Å². The van der Waals surface area contributed by atoms with Gasteiger partial charge in [-0.1, -0.05) is 50.8 Å². The minimum Gasteiger partial charge on any atom is -0.507 e. The predicted octanol–water partition coefficient (Wildman–Crippen LogP) is 4.44. The van der Waals surface area contributed by atoms with Gasteiger partial charge in [-0.2, -0.15) is 0 Å². The van der Waals surface area contributed by atoms with Crippen LogP contribution in [0.25, 0.3) is 5.76 Å². The summed E-state index contributed by atoms with van der Waals surface area (Å²) in [6.07, 6.45) is 1.64. The molecule has 6 nitrogen and oxygen atoms in total. The summed E-state index contributed by atoms with van der Waals surface area (Å²) in [6.45, 7) is 8.70. The van der Waals surface area contributed by atoms with Gasteiger partial charge in [0.05, 0.1) is 18.2 Å². The highest BCUT2D eigenvalue weighted by atomic mass is 16.5. The molecule has 1 N–H and O–H groups in total. The Labute approximate surface area is 188 Å². The largest absolute Gasteiger partial charge is 0.507 e. The van der Waals surface area contributed by atoms with Crippen LogP contribution < -0.4 is 4.74 Å². The molecule has 0 aromatic heterocycles. The second kappa shape index (κ2) is 10.3. The lowest BCUT2D eigenvalue weighted by Gasteiger charge is -2.25. The number of ketones is 1. The average molecular weight is 436 g/mol. The van der Waals surface area contributed by atoms with E-state index < -0.39 is 17.7 Å². The third-order valence-corrected chi connectivity index (χ3v) is 5.49. The molecule has 1 fully saturated rings. The number of aliphatic hydroxyl groups excluding tert-OH is 1. The van der Waals surface area contributed by atoms with Crippen molar-refractivity contribution in [2.45, 2.75) is 25.8 Å². The minimum atomic E-state index is -0.705. The molecule has 0 aliphatic carbocycles. The van der Waals surface area contributed by atoms with Crippen molar-refractivity contribution in [1.29, 1.82) is 0 Å². The van der Waals surface area contributed by atoms with Crippen molar-refractivity contribution >= 4 is 17.4 Å². The van der Waals surface area contributed by atoms with Crippen molar-refractivity contribution in [2.75, 3.05) is 26.9 Å². The Morgan fingerprint density at radius 2 is 1.78 bits per heavy atom. The Balaban J connectivity index is 2.06. The van der Waals surface area contributed by atoms with E-state index in [0.717, 1.165) is 11.1 Å². The third kappa shape index (κ3) is 4.75. The molecule has 6 heteroatoms. The molecule has 1 amide bonds. The van der Waals surface area contributed by atoms with Crippen LogP contribution >= 0.6 is 0 Å². The number of nitrogens with zero attached hydrogens (tertiary/aromatic N) is 1. The van der Waals surface area contributed by atoms with E-state index >= 15 is 0 Å². The first-order chi connectivity index (χ1) is 15.4. The van der Waals surface area contributed by atoms with E-state index in [-0.39, 0.29) is 24.5 Å². The normalized spacial score (nSPS) is 17.8. The number of hydrogen-bond acceptors (Lipinski definition) is 5. The first kappa shape index (κ1) is 23.3. The molecule has 2 aromatic rings. The van der Waals surface area contributed by atoms with Crippen LogP contribution in [-0.4, -0.2) is 48.6 Å². The molecule has 32 heavy (non-hydrogen) atoms. The Bertz CT molecular complexity index is 1010. The van der Waals surface area contributed by atoms with Crippen LogP contribution in [0, 0.1) is 0 Å². The van der Waals surface area contributed by atoms with Gasteiger partial charge in [-0.05, 0) is 41.3 Å². The van der Waals surface area contributed by atoms with Crippen molar-refractivity contribution in [2.24, 2.45) is 0 Å². The molecule has 0 spiro atoms. The highest BCUT2D eigenvalue weighted by molar-refractivity contribution is 6.46. The van der Waals surface area contributed by atoms with E-state index in [2.05, 4.69) is 20.4 Å². The number of likely N-dealkylation sites (tertiary alicyclic amines) is 1. The number of Topliss-reactive ketones (excluding diaryl/α,β-unsaturated/α-hetero) is 1. The Hall–Kier alpha value is -3.38. The molecule has 1 aliphatic heterocycles. The summed E-state index contributed by atoms with van der Waals surface area (Å²) in [5.41, 5.74) is 2.42. The maximum atomic E-state index is 13.0. The Kier molecular flexibility index (Phi) is 7.49. The molecule has 1 unspecified atom stereocenters. The van der Waals surface area contributed by atoms with Gasteiger partial charge in [0.15, 0.2) is 0 Å². The van der Waals surface area contributed by atoms with Crippen LogP contribution in [0.1, 0.15) is 42.5 Å². The van der Waals surface area contributed by atoms with Gasteiger partial charge >= 0.3 is 0 Å². The molecule has 3 rings (SSSR count). The van der Waals surface area contributed by atoms with Crippen molar-refractivity contribution in [3.63, 3.8) is 0 Å². The van der Waals surface area contributed by atoms with Crippen LogP contribution in [0.5, 0.6) is 5.75 Å². The van der Waals surface area contributed by atoms with E-state index in [1.165, 1.54) is 4.90 Å². The molecule has 0 radical (unpaired) electrons. The summed E-state index contributed by atoms with van der Waals surface area (Å²) in [5, 5.41) is 11.1. The van der Waals surface area contributed by atoms with Gasteiger partial charge in [0.2, 0.25) is 0 Å². The van der Waals surface area contributed by atoms with Gasteiger partial charge < -0.3 is 19.5 Å². The van der Waals surface area contributed by atoms with Crippen LogP contribution in [0.4, 0.5) is 0 Å². The Morgan fingerprint density at radius 1 is 1.12 bits per heavy atom. The van der Waals surface area contributed by atoms with E-state index in [1.54, 1.807) is 37.5 Å². The van der Waals surface area contributed by atoms with Crippen LogP contribution in [-0.2, 0) is 14.3 Å². The summed E-state index contributed by atoms with van der Waals surface area (Å²) in [7, 11) is 1.54. The zero-order valence-electron chi connectivity index (χ0n) is 18.7. The van der Waals surface area contributed by atoms with Crippen molar-refractivity contribution in [1.82, 2.24) is 4.90 Å². The smallest absolute Gasteiger partial charge is 0.295 e. The van der Waals surface area contributed by atoms with Crippen molar-refractivity contribution in [3.05, 3.63) is 83.4 Å². The fraction of sp³-hybridized carbons (Fsp3) is 0.308. The number of carbonyl (C=O) groups excluding carboxylic acids is 2.